The first kappa shape index (κ1) is 18.9. The number of hydrogen-bond acceptors (Lipinski definition) is 4. The van der Waals surface area contributed by atoms with Crippen LogP contribution in [0.1, 0.15) is 33.1 Å². The summed E-state index contributed by atoms with van der Waals surface area (Å²) in [5, 5.41) is 1.12. The van der Waals surface area contributed by atoms with Crippen molar-refractivity contribution in [2.24, 2.45) is 5.41 Å². The number of aromatic nitrogens is 3. The smallest absolute Gasteiger partial charge is 0.211 e. The molecule has 0 N–H and O–H groups in total. The topological polar surface area (TPSA) is 33.4 Å². The Kier molecular flexibility index (Phi) is 5.28. The van der Waals surface area contributed by atoms with Gasteiger partial charge in [-0.2, -0.15) is 0 Å². The van der Waals surface area contributed by atoms with E-state index in [0.717, 1.165) is 34.5 Å². The van der Waals surface area contributed by atoms with Crippen LogP contribution in [0.5, 0.6) is 0 Å². The van der Waals surface area contributed by atoms with Crippen molar-refractivity contribution in [3.63, 3.8) is 0 Å². The molecule has 0 aliphatic carbocycles. The lowest BCUT2D eigenvalue weighted by molar-refractivity contribution is 0.237. The summed E-state index contributed by atoms with van der Waals surface area (Å²) in [6.07, 6.45) is 9.31. The van der Waals surface area contributed by atoms with E-state index in [2.05, 4.69) is 28.1 Å². The number of halogens is 2. The Labute approximate surface area is 173 Å². The minimum absolute atomic E-state index is 0.448. The number of fused-ring (bicyclic) bond motifs is 1. The van der Waals surface area contributed by atoms with Crippen molar-refractivity contribution < 1.29 is 0 Å². The molecule has 0 amide bonds. The SMILES string of the molecule is CCC1(C)CCN(c2ncc(Sc3cccc(Cl)c3Cl)c3nccn23)CC1. The van der Waals surface area contributed by atoms with Crippen molar-refractivity contribution in [2.45, 2.75) is 42.9 Å². The largest absolute Gasteiger partial charge is 0.342 e. The summed E-state index contributed by atoms with van der Waals surface area (Å²) in [6, 6.07) is 5.66. The molecular weight excluding hydrogens is 399 g/mol. The molecule has 1 aromatic carbocycles. The number of piperidine rings is 1. The fourth-order valence-corrected chi connectivity index (χ4v) is 4.87. The molecule has 1 aliphatic rings. The van der Waals surface area contributed by atoms with Crippen molar-refractivity contribution in [3.05, 3.63) is 46.8 Å². The van der Waals surface area contributed by atoms with E-state index < -0.39 is 0 Å². The number of hydrogen-bond donors (Lipinski definition) is 0. The molecule has 1 fully saturated rings. The van der Waals surface area contributed by atoms with E-state index in [1.165, 1.54) is 19.3 Å². The van der Waals surface area contributed by atoms with Crippen LogP contribution >= 0.6 is 35.0 Å². The number of nitrogens with zero attached hydrogens (tertiary/aromatic N) is 4. The van der Waals surface area contributed by atoms with Gasteiger partial charge in [0.2, 0.25) is 5.95 Å². The van der Waals surface area contributed by atoms with Crippen LogP contribution in [0.2, 0.25) is 10.0 Å². The minimum atomic E-state index is 0.448. The first-order chi connectivity index (χ1) is 13.0. The number of rotatable bonds is 4. The number of imidazole rings is 1. The molecule has 142 valence electrons. The van der Waals surface area contributed by atoms with Gasteiger partial charge in [0.25, 0.3) is 0 Å². The van der Waals surface area contributed by atoms with Crippen molar-refractivity contribution in [1.29, 1.82) is 0 Å². The normalized spacial score (nSPS) is 16.8. The van der Waals surface area contributed by atoms with Crippen molar-refractivity contribution >= 4 is 46.6 Å². The van der Waals surface area contributed by atoms with Crippen molar-refractivity contribution in [2.75, 3.05) is 18.0 Å². The van der Waals surface area contributed by atoms with E-state index in [-0.39, 0.29) is 0 Å². The summed E-state index contributed by atoms with van der Waals surface area (Å²) in [5.41, 5.74) is 1.34. The van der Waals surface area contributed by atoms with Crippen molar-refractivity contribution in [1.82, 2.24) is 14.4 Å². The van der Waals surface area contributed by atoms with Gasteiger partial charge < -0.3 is 4.90 Å². The molecule has 0 radical (unpaired) electrons. The molecular formula is C20H22Cl2N4S. The molecule has 27 heavy (non-hydrogen) atoms. The Morgan fingerprint density at radius 1 is 1.15 bits per heavy atom. The van der Waals surface area contributed by atoms with Gasteiger partial charge in [0.05, 0.1) is 14.9 Å². The van der Waals surface area contributed by atoms with E-state index in [9.17, 15) is 0 Å². The molecule has 0 atom stereocenters. The van der Waals surface area contributed by atoms with Crippen LogP contribution < -0.4 is 4.90 Å². The van der Waals surface area contributed by atoms with Gasteiger partial charge in [0.15, 0.2) is 5.65 Å². The quantitative estimate of drug-likeness (QED) is 0.502. The van der Waals surface area contributed by atoms with Crippen molar-refractivity contribution in [3.8, 4) is 0 Å². The summed E-state index contributed by atoms with van der Waals surface area (Å²) in [4.78, 5) is 13.6. The van der Waals surface area contributed by atoms with Crippen LogP contribution in [0.25, 0.3) is 5.65 Å². The summed E-state index contributed by atoms with van der Waals surface area (Å²) in [5.74, 6) is 0.960. The van der Waals surface area contributed by atoms with E-state index in [1.807, 2.05) is 30.7 Å². The zero-order chi connectivity index (χ0) is 19.0. The highest BCUT2D eigenvalue weighted by Gasteiger charge is 2.29. The number of benzene rings is 1. The Hall–Kier alpha value is -1.43. The first-order valence-corrected chi connectivity index (χ1v) is 10.8. The standard InChI is InChI=1S/C20H22Cl2N4S/c1-3-20(2)7-10-25(11-8-20)19-24-13-16(18-23-9-12-26(18)19)27-15-6-4-5-14(21)17(15)22/h4-6,9,12-13H,3,7-8,10-11H2,1-2H3. The monoisotopic (exact) mass is 420 g/mol. The Morgan fingerprint density at radius 3 is 2.67 bits per heavy atom. The Balaban J connectivity index is 1.64. The zero-order valence-electron chi connectivity index (χ0n) is 15.5. The summed E-state index contributed by atoms with van der Waals surface area (Å²) in [6.45, 7) is 6.72. The molecule has 1 aliphatic heterocycles. The van der Waals surface area contributed by atoms with Gasteiger partial charge >= 0.3 is 0 Å². The summed E-state index contributed by atoms with van der Waals surface area (Å²) < 4.78 is 2.08. The predicted octanol–water partition coefficient (Wildman–Crippen LogP) is 6.20. The zero-order valence-corrected chi connectivity index (χ0v) is 17.8. The lowest BCUT2D eigenvalue weighted by Gasteiger charge is -2.39. The molecule has 0 unspecified atom stereocenters. The second-order valence-electron chi connectivity index (χ2n) is 7.35. The van der Waals surface area contributed by atoms with E-state index in [1.54, 1.807) is 17.8 Å². The Morgan fingerprint density at radius 2 is 1.93 bits per heavy atom. The summed E-state index contributed by atoms with van der Waals surface area (Å²) >= 11 is 14.0. The average molecular weight is 421 g/mol. The minimum Gasteiger partial charge on any atom is -0.342 e. The molecule has 0 spiro atoms. The van der Waals surface area contributed by atoms with Gasteiger partial charge in [0.1, 0.15) is 0 Å². The Bertz CT molecular complexity index is 964. The van der Waals surface area contributed by atoms with Crippen LogP contribution in [-0.2, 0) is 0 Å². The molecule has 0 bridgehead atoms. The van der Waals surface area contributed by atoms with Gasteiger partial charge in [-0.1, -0.05) is 61.3 Å². The van der Waals surface area contributed by atoms with E-state index >= 15 is 0 Å². The van der Waals surface area contributed by atoms with Crippen LogP contribution in [0.15, 0.2) is 46.6 Å². The fraction of sp³-hybridized carbons (Fsp3) is 0.400. The second kappa shape index (κ2) is 7.53. The van der Waals surface area contributed by atoms with Gasteiger partial charge in [0, 0.05) is 36.6 Å². The first-order valence-electron chi connectivity index (χ1n) is 9.20. The maximum Gasteiger partial charge on any atom is 0.211 e. The molecule has 7 heteroatoms. The second-order valence-corrected chi connectivity index (χ2v) is 9.22. The highest BCUT2D eigenvalue weighted by molar-refractivity contribution is 7.99. The lowest BCUT2D eigenvalue weighted by Crippen LogP contribution is -2.39. The van der Waals surface area contributed by atoms with Gasteiger partial charge in [-0.05, 0) is 30.4 Å². The molecule has 1 saturated heterocycles. The highest BCUT2D eigenvalue weighted by atomic mass is 35.5. The molecule has 3 heterocycles. The van der Waals surface area contributed by atoms with Crippen LogP contribution in [0.3, 0.4) is 0 Å². The molecule has 3 aromatic rings. The molecule has 0 saturated carbocycles. The van der Waals surface area contributed by atoms with Gasteiger partial charge in [-0.15, -0.1) is 0 Å². The molecule has 4 nitrogen and oxygen atoms in total. The number of anilines is 1. The fourth-order valence-electron chi connectivity index (χ4n) is 3.47. The van der Waals surface area contributed by atoms with Crippen LogP contribution in [-0.4, -0.2) is 27.5 Å². The third kappa shape index (κ3) is 3.65. The highest BCUT2D eigenvalue weighted by Crippen LogP contribution is 2.39. The molecule has 2 aromatic heterocycles. The summed E-state index contributed by atoms with van der Waals surface area (Å²) in [7, 11) is 0. The third-order valence-electron chi connectivity index (χ3n) is 5.62. The van der Waals surface area contributed by atoms with Gasteiger partial charge in [-0.3, -0.25) is 4.40 Å². The third-order valence-corrected chi connectivity index (χ3v) is 7.62. The van der Waals surface area contributed by atoms with Crippen LogP contribution in [0.4, 0.5) is 5.95 Å². The predicted molar refractivity (Wildman–Crippen MR) is 113 cm³/mol. The van der Waals surface area contributed by atoms with E-state index in [4.69, 9.17) is 28.2 Å². The molecule has 4 rings (SSSR count). The van der Waals surface area contributed by atoms with Crippen LogP contribution in [0, 0.1) is 5.41 Å². The average Bonchev–Trinajstić information content (AvgIpc) is 3.17. The van der Waals surface area contributed by atoms with Gasteiger partial charge in [-0.25, -0.2) is 9.97 Å². The lowest BCUT2D eigenvalue weighted by atomic mass is 9.78. The maximum atomic E-state index is 6.35. The maximum absolute atomic E-state index is 6.35. The van der Waals surface area contributed by atoms with E-state index in [0.29, 0.717) is 15.5 Å².